The molecule has 0 heterocycles. The SMILES string of the molecule is COCCNCc1cc(Cl)cc(Cl)c1OCCC(C)(C)C. The predicted molar refractivity (Wildman–Crippen MR) is 89.6 cm³/mol. The Hall–Kier alpha value is -0.480. The van der Waals surface area contributed by atoms with Gasteiger partial charge in [-0.3, -0.25) is 0 Å². The number of benzene rings is 1. The Balaban J connectivity index is 2.70. The number of hydrogen-bond acceptors (Lipinski definition) is 3. The van der Waals surface area contributed by atoms with Gasteiger partial charge < -0.3 is 14.8 Å². The van der Waals surface area contributed by atoms with Crippen LogP contribution in [0.15, 0.2) is 12.1 Å². The molecule has 0 bridgehead atoms. The number of rotatable bonds is 8. The van der Waals surface area contributed by atoms with Crippen LogP contribution in [0, 0.1) is 5.41 Å². The van der Waals surface area contributed by atoms with E-state index in [1.807, 2.05) is 6.07 Å². The van der Waals surface area contributed by atoms with Gasteiger partial charge in [-0.2, -0.15) is 0 Å². The van der Waals surface area contributed by atoms with Crippen molar-refractivity contribution in [1.82, 2.24) is 5.32 Å². The second-order valence-corrected chi connectivity index (χ2v) is 7.05. The van der Waals surface area contributed by atoms with Crippen molar-refractivity contribution >= 4 is 23.2 Å². The molecule has 0 fully saturated rings. The van der Waals surface area contributed by atoms with Crippen molar-refractivity contribution < 1.29 is 9.47 Å². The van der Waals surface area contributed by atoms with Crippen molar-refractivity contribution in [1.29, 1.82) is 0 Å². The highest BCUT2D eigenvalue weighted by Gasteiger charge is 2.14. The normalized spacial score (nSPS) is 11.7. The molecule has 1 N–H and O–H groups in total. The summed E-state index contributed by atoms with van der Waals surface area (Å²) in [6.07, 6.45) is 0.961. The second-order valence-electron chi connectivity index (χ2n) is 6.20. The number of halogens is 2. The molecule has 0 aliphatic rings. The highest BCUT2D eigenvalue weighted by Crippen LogP contribution is 2.33. The molecule has 120 valence electrons. The summed E-state index contributed by atoms with van der Waals surface area (Å²) < 4.78 is 10.9. The number of ether oxygens (including phenoxy) is 2. The van der Waals surface area contributed by atoms with Crippen molar-refractivity contribution in [3.05, 3.63) is 27.7 Å². The van der Waals surface area contributed by atoms with E-state index in [0.29, 0.717) is 29.8 Å². The number of methoxy groups -OCH3 is 1. The van der Waals surface area contributed by atoms with Gasteiger partial charge in [-0.15, -0.1) is 0 Å². The Bertz CT molecular complexity index is 445. The topological polar surface area (TPSA) is 30.5 Å². The fraction of sp³-hybridized carbons (Fsp3) is 0.625. The highest BCUT2D eigenvalue weighted by molar-refractivity contribution is 6.35. The molecule has 0 spiro atoms. The van der Waals surface area contributed by atoms with Gasteiger partial charge in [-0.1, -0.05) is 44.0 Å². The molecule has 0 radical (unpaired) electrons. The molecule has 3 nitrogen and oxygen atoms in total. The maximum Gasteiger partial charge on any atom is 0.142 e. The Morgan fingerprint density at radius 1 is 1.14 bits per heavy atom. The van der Waals surface area contributed by atoms with Gasteiger partial charge in [0.1, 0.15) is 5.75 Å². The molecule has 0 aliphatic heterocycles. The van der Waals surface area contributed by atoms with Crippen LogP contribution in [-0.2, 0) is 11.3 Å². The zero-order valence-corrected chi connectivity index (χ0v) is 14.8. The fourth-order valence-electron chi connectivity index (χ4n) is 1.76. The molecule has 0 unspecified atom stereocenters. The van der Waals surface area contributed by atoms with Crippen LogP contribution < -0.4 is 10.1 Å². The lowest BCUT2D eigenvalue weighted by Gasteiger charge is -2.20. The molecule has 0 amide bonds. The van der Waals surface area contributed by atoms with E-state index < -0.39 is 0 Å². The zero-order chi connectivity index (χ0) is 15.9. The molecule has 0 aliphatic carbocycles. The van der Waals surface area contributed by atoms with E-state index in [1.165, 1.54) is 0 Å². The lowest BCUT2D eigenvalue weighted by atomic mass is 9.93. The summed E-state index contributed by atoms with van der Waals surface area (Å²) in [4.78, 5) is 0. The van der Waals surface area contributed by atoms with E-state index >= 15 is 0 Å². The van der Waals surface area contributed by atoms with Crippen LogP contribution in [0.1, 0.15) is 32.8 Å². The summed E-state index contributed by atoms with van der Waals surface area (Å²) in [6, 6.07) is 3.61. The molecule has 0 aromatic heterocycles. The summed E-state index contributed by atoms with van der Waals surface area (Å²) in [5, 5.41) is 4.45. The summed E-state index contributed by atoms with van der Waals surface area (Å²) >= 11 is 12.3. The largest absolute Gasteiger partial charge is 0.492 e. The minimum atomic E-state index is 0.232. The molecular formula is C16H25Cl2NO2. The molecule has 5 heteroatoms. The lowest BCUT2D eigenvalue weighted by molar-refractivity contribution is 0.198. The molecule has 0 atom stereocenters. The van der Waals surface area contributed by atoms with E-state index in [2.05, 4.69) is 26.1 Å². The fourth-order valence-corrected chi connectivity index (χ4v) is 2.35. The average Bonchev–Trinajstić information content (AvgIpc) is 2.36. The van der Waals surface area contributed by atoms with Crippen LogP contribution in [0.25, 0.3) is 0 Å². The van der Waals surface area contributed by atoms with Crippen molar-refractivity contribution in [2.75, 3.05) is 26.9 Å². The minimum absolute atomic E-state index is 0.232. The van der Waals surface area contributed by atoms with E-state index in [0.717, 1.165) is 24.3 Å². The molecule has 1 rings (SSSR count). The van der Waals surface area contributed by atoms with Crippen LogP contribution in [0.4, 0.5) is 0 Å². The first-order valence-electron chi connectivity index (χ1n) is 7.14. The first kappa shape index (κ1) is 18.6. The van der Waals surface area contributed by atoms with Crippen molar-refractivity contribution in [3.63, 3.8) is 0 Å². The molecule has 21 heavy (non-hydrogen) atoms. The third-order valence-corrected chi connectivity index (χ3v) is 3.48. The predicted octanol–water partition coefficient (Wildman–Crippen LogP) is 4.54. The maximum atomic E-state index is 6.26. The van der Waals surface area contributed by atoms with Gasteiger partial charge in [-0.25, -0.2) is 0 Å². The highest BCUT2D eigenvalue weighted by atomic mass is 35.5. The first-order valence-corrected chi connectivity index (χ1v) is 7.89. The molecular weight excluding hydrogens is 309 g/mol. The van der Waals surface area contributed by atoms with E-state index in [1.54, 1.807) is 13.2 Å². The lowest BCUT2D eigenvalue weighted by Crippen LogP contribution is -2.19. The summed E-state index contributed by atoms with van der Waals surface area (Å²) in [6.45, 7) is 9.27. The maximum absolute atomic E-state index is 6.26. The van der Waals surface area contributed by atoms with Crippen LogP contribution in [0.3, 0.4) is 0 Å². The van der Waals surface area contributed by atoms with Crippen LogP contribution in [0.5, 0.6) is 5.75 Å². The van der Waals surface area contributed by atoms with E-state index in [4.69, 9.17) is 32.7 Å². The van der Waals surface area contributed by atoms with Gasteiger partial charge in [-0.05, 0) is 24.0 Å². The van der Waals surface area contributed by atoms with Gasteiger partial charge in [0, 0.05) is 30.8 Å². The monoisotopic (exact) mass is 333 g/mol. The Labute approximate surface area is 137 Å². The Morgan fingerprint density at radius 3 is 2.48 bits per heavy atom. The van der Waals surface area contributed by atoms with Gasteiger partial charge in [0.15, 0.2) is 0 Å². The zero-order valence-electron chi connectivity index (χ0n) is 13.3. The Morgan fingerprint density at radius 2 is 1.86 bits per heavy atom. The molecule has 0 saturated heterocycles. The second kappa shape index (κ2) is 8.84. The summed E-state index contributed by atoms with van der Waals surface area (Å²) in [5.74, 6) is 0.718. The summed E-state index contributed by atoms with van der Waals surface area (Å²) in [5.41, 5.74) is 1.20. The third-order valence-electron chi connectivity index (χ3n) is 2.98. The van der Waals surface area contributed by atoms with Crippen molar-refractivity contribution in [3.8, 4) is 5.75 Å². The van der Waals surface area contributed by atoms with Crippen LogP contribution in [0.2, 0.25) is 10.0 Å². The van der Waals surface area contributed by atoms with E-state index in [-0.39, 0.29) is 5.41 Å². The van der Waals surface area contributed by atoms with Crippen molar-refractivity contribution in [2.24, 2.45) is 5.41 Å². The minimum Gasteiger partial charge on any atom is -0.492 e. The first-order chi connectivity index (χ1) is 9.83. The van der Waals surface area contributed by atoms with Crippen LogP contribution >= 0.6 is 23.2 Å². The molecule has 1 aromatic carbocycles. The van der Waals surface area contributed by atoms with E-state index in [9.17, 15) is 0 Å². The van der Waals surface area contributed by atoms with Crippen LogP contribution in [-0.4, -0.2) is 26.9 Å². The quantitative estimate of drug-likeness (QED) is 0.708. The Kier molecular flexibility index (Phi) is 7.82. The van der Waals surface area contributed by atoms with Gasteiger partial charge in [0.25, 0.3) is 0 Å². The average molecular weight is 334 g/mol. The standard InChI is InChI=1S/C16H25Cl2NO2/c1-16(2,3)5-7-21-15-12(11-19-6-8-20-4)9-13(17)10-14(15)18/h9-10,19H,5-8,11H2,1-4H3. The summed E-state index contributed by atoms with van der Waals surface area (Å²) in [7, 11) is 1.68. The van der Waals surface area contributed by atoms with Gasteiger partial charge in [0.2, 0.25) is 0 Å². The number of hydrogen-bond donors (Lipinski definition) is 1. The van der Waals surface area contributed by atoms with Gasteiger partial charge in [0.05, 0.1) is 18.2 Å². The smallest absolute Gasteiger partial charge is 0.142 e. The molecule has 0 saturated carbocycles. The number of nitrogens with one attached hydrogen (secondary N) is 1. The molecule has 1 aromatic rings. The third kappa shape index (κ3) is 7.37. The van der Waals surface area contributed by atoms with Gasteiger partial charge >= 0.3 is 0 Å². The van der Waals surface area contributed by atoms with Crippen molar-refractivity contribution in [2.45, 2.75) is 33.7 Å².